The summed E-state index contributed by atoms with van der Waals surface area (Å²) >= 11 is 1.60. The van der Waals surface area contributed by atoms with Crippen LogP contribution in [0.3, 0.4) is 0 Å². The summed E-state index contributed by atoms with van der Waals surface area (Å²) < 4.78 is 12.8. The molecule has 2 rings (SSSR count). The van der Waals surface area contributed by atoms with Crippen molar-refractivity contribution in [3.8, 4) is 0 Å². The fourth-order valence-corrected chi connectivity index (χ4v) is 2.45. The normalized spacial score (nSPS) is 14.5. The molecule has 0 fully saturated rings. The topological polar surface area (TPSA) is 33.1 Å². The molecule has 0 aliphatic rings. The Morgan fingerprint density at radius 2 is 2.24 bits per heavy atom. The first kappa shape index (κ1) is 12.2. The number of hydrogen-bond acceptors (Lipinski definition) is 3. The van der Waals surface area contributed by atoms with Gasteiger partial charge in [0.2, 0.25) is 0 Å². The number of aromatic nitrogens is 1. The zero-order valence-corrected chi connectivity index (χ0v) is 10.4. The van der Waals surface area contributed by atoms with Gasteiger partial charge in [-0.3, -0.25) is 4.98 Å². The van der Waals surface area contributed by atoms with Crippen molar-refractivity contribution in [3.05, 3.63) is 52.2 Å². The molecule has 2 aromatic heterocycles. The van der Waals surface area contributed by atoms with Crippen LogP contribution in [0.15, 0.2) is 35.2 Å². The lowest BCUT2D eigenvalue weighted by Gasteiger charge is -2.25. The molecule has 2 nitrogen and oxygen atoms in total. The van der Waals surface area contributed by atoms with E-state index in [1.165, 1.54) is 6.07 Å². The van der Waals surface area contributed by atoms with Crippen molar-refractivity contribution in [1.29, 1.82) is 0 Å². The molecule has 1 atom stereocenters. The standard InChI is InChI=1S/C13H14FNOS/c1-2-13(16,7-10-5-6-17-9-10)12-4-3-11(14)8-15-12/h3-6,8-9,16H,2,7H2,1H3. The molecular formula is C13H14FNOS. The van der Waals surface area contributed by atoms with Crippen LogP contribution in [0.4, 0.5) is 4.39 Å². The summed E-state index contributed by atoms with van der Waals surface area (Å²) in [5.74, 6) is -0.386. The molecule has 1 unspecified atom stereocenters. The third-order valence-electron chi connectivity index (χ3n) is 2.87. The molecule has 0 aromatic carbocycles. The number of pyridine rings is 1. The van der Waals surface area contributed by atoms with E-state index in [0.717, 1.165) is 11.8 Å². The zero-order chi connectivity index (χ0) is 12.3. The Morgan fingerprint density at radius 1 is 1.41 bits per heavy atom. The Morgan fingerprint density at radius 3 is 2.76 bits per heavy atom. The Labute approximate surface area is 104 Å². The Balaban J connectivity index is 2.27. The number of halogens is 1. The summed E-state index contributed by atoms with van der Waals surface area (Å²) in [6.45, 7) is 1.90. The van der Waals surface area contributed by atoms with Crippen LogP contribution in [-0.4, -0.2) is 10.1 Å². The minimum Gasteiger partial charge on any atom is -0.383 e. The lowest BCUT2D eigenvalue weighted by atomic mass is 9.89. The summed E-state index contributed by atoms with van der Waals surface area (Å²) in [5.41, 5.74) is 0.576. The maximum atomic E-state index is 12.8. The quantitative estimate of drug-likeness (QED) is 0.905. The fraction of sp³-hybridized carbons (Fsp3) is 0.308. The fourth-order valence-electron chi connectivity index (χ4n) is 1.78. The van der Waals surface area contributed by atoms with E-state index in [2.05, 4.69) is 4.98 Å². The minimum atomic E-state index is -1.02. The zero-order valence-electron chi connectivity index (χ0n) is 9.56. The van der Waals surface area contributed by atoms with Gasteiger partial charge in [0.05, 0.1) is 11.9 Å². The molecule has 1 N–H and O–H groups in total. The minimum absolute atomic E-state index is 0.386. The summed E-state index contributed by atoms with van der Waals surface area (Å²) in [5, 5.41) is 14.6. The third-order valence-corrected chi connectivity index (χ3v) is 3.60. The van der Waals surface area contributed by atoms with Gasteiger partial charge in [0.25, 0.3) is 0 Å². The molecule has 0 radical (unpaired) electrons. The smallest absolute Gasteiger partial charge is 0.141 e. The molecule has 0 amide bonds. The average Bonchev–Trinajstić information content (AvgIpc) is 2.82. The van der Waals surface area contributed by atoms with Crippen LogP contribution in [0.2, 0.25) is 0 Å². The number of nitrogens with zero attached hydrogens (tertiary/aromatic N) is 1. The lowest BCUT2D eigenvalue weighted by Crippen LogP contribution is -2.28. The van der Waals surface area contributed by atoms with E-state index >= 15 is 0 Å². The summed E-state index contributed by atoms with van der Waals surface area (Å²) in [6, 6.07) is 4.86. The van der Waals surface area contributed by atoms with Gasteiger partial charge in [-0.25, -0.2) is 4.39 Å². The lowest BCUT2D eigenvalue weighted by molar-refractivity contribution is 0.0283. The van der Waals surface area contributed by atoms with E-state index in [-0.39, 0.29) is 5.82 Å². The Hall–Kier alpha value is -1.26. The second kappa shape index (κ2) is 4.94. The van der Waals surface area contributed by atoms with Gasteiger partial charge in [-0.05, 0) is 40.9 Å². The maximum absolute atomic E-state index is 12.8. The van der Waals surface area contributed by atoms with Gasteiger partial charge < -0.3 is 5.11 Å². The van der Waals surface area contributed by atoms with Crippen molar-refractivity contribution < 1.29 is 9.50 Å². The van der Waals surface area contributed by atoms with Crippen LogP contribution < -0.4 is 0 Å². The van der Waals surface area contributed by atoms with Crippen LogP contribution in [-0.2, 0) is 12.0 Å². The third kappa shape index (κ3) is 2.70. The predicted molar refractivity (Wildman–Crippen MR) is 66.4 cm³/mol. The maximum Gasteiger partial charge on any atom is 0.141 e. The molecule has 4 heteroatoms. The monoisotopic (exact) mass is 251 g/mol. The largest absolute Gasteiger partial charge is 0.383 e. The van der Waals surface area contributed by atoms with Crippen LogP contribution in [0.25, 0.3) is 0 Å². The van der Waals surface area contributed by atoms with Crippen molar-refractivity contribution in [2.75, 3.05) is 0 Å². The van der Waals surface area contributed by atoms with Gasteiger partial charge in [0.15, 0.2) is 0 Å². The van der Waals surface area contributed by atoms with Crippen molar-refractivity contribution in [1.82, 2.24) is 4.98 Å². The van der Waals surface area contributed by atoms with E-state index in [1.54, 1.807) is 17.4 Å². The molecule has 17 heavy (non-hydrogen) atoms. The van der Waals surface area contributed by atoms with Gasteiger partial charge in [0, 0.05) is 6.42 Å². The van der Waals surface area contributed by atoms with Crippen molar-refractivity contribution in [2.24, 2.45) is 0 Å². The van der Waals surface area contributed by atoms with Gasteiger partial charge in [-0.15, -0.1) is 0 Å². The highest BCUT2D eigenvalue weighted by molar-refractivity contribution is 7.07. The highest BCUT2D eigenvalue weighted by Crippen LogP contribution is 2.28. The van der Waals surface area contributed by atoms with Crippen LogP contribution in [0, 0.1) is 5.82 Å². The van der Waals surface area contributed by atoms with Gasteiger partial charge >= 0.3 is 0 Å². The molecule has 2 aromatic rings. The first-order valence-corrected chi connectivity index (χ1v) is 6.44. The van der Waals surface area contributed by atoms with Gasteiger partial charge in [-0.2, -0.15) is 11.3 Å². The molecule has 0 bridgehead atoms. The summed E-state index contributed by atoms with van der Waals surface area (Å²) in [4.78, 5) is 3.98. The molecule has 2 heterocycles. The van der Waals surface area contributed by atoms with Crippen molar-refractivity contribution in [3.63, 3.8) is 0 Å². The van der Waals surface area contributed by atoms with E-state index in [9.17, 15) is 9.50 Å². The van der Waals surface area contributed by atoms with Crippen molar-refractivity contribution in [2.45, 2.75) is 25.4 Å². The number of aliphatic hydroxyl groups is 1. The van der Waals surface area contributed by atoms with Gasteiger partial charge in [-0.1, -0.05) is 6.92 Å². The van der Waals surface area contributed by atoms with Crippen LogP contribution in [0.5, 0.6) is 0 Å². The summed E-state index contributed by atoms with van der Waals surface area (Å²) in [7, 11) is 0. The first-order chi connectivity index (χ1) is 8.14. The Bertz CT molecular complexity index is 469. The second-order valence-corrected chi connectivity index (χ2v) is 4.84. The van der Waals surface area contributed by atoms with E-state index in [0.29, 0.717) is 18.5 Å². The number of rotatable bonds is 4. The predicted octanol–water partition coefficient (Wildman–Crippen LogP) is 3.12. The van der Waals surface area contributed by atoms with Crippen LogP contribution in [0.1, 0.15) is 24.6 Å². The highest BCUT2D eigenvalue weighted by atomic mass is 32.1. The molecule has 0 aliphatic heterocycles. The van der Waals surface area contributed by atoms with E-state index < -0.39 is 5.60 Å². The van der Waals surface area contributed by atoms with E-state index in [4.69, 9.17) is 0 Å². The Kier molecular flexibility index (Phi) is 3.54. The van der Waals surface area contributed by atoms with E-state index in [1.807, 2.05) is 23.8 Å². The average molecular weight is 251 g/mol. The van der Waals surface area contributed by atoms with Crippen LogP contribution >= 0.6 is 11.3 Å². The van der Waals surface area contributed by atoms with Crippen molar-refractivity contribution >= 4 is 11.3 Å². The number of thiophene rings is 1. The highest BCUT2D eigenvalue weighted by Gasteiger charge is 2.29. The molecule has 0 aliphatic carbocycles. The molecule has 0 saturated heterocycles. The summed E-state index contributed by atoms with van der Waals surface area (Å²) in [6.07, 6.45) is 2.19. The SMILES string of the molecule is CCC(O)(Cc1ccsc1)c1ccc(F)cn1. The molecule has 90 valence electrons. The molecule has 0 saturated carbocycles. The van der Waals surface area contributed by atoms with Gasteiger partial charge in [0.1, 0.15) is 11.4 Å². The first-order valence-electron chi connectivity index (χ1n) is 5.49. The molecular weight excluding hydrogens is 237 g/mol. The molecule has 0 spiro atoms. The number of hydrogen-bond donors (Lipinski definition) is 1. The second-order valence-electron chi connectivity index (χ2n) is 4.06.